The maximum absolute atomic E-state index is 11.8. The van der Waals surface area contributed by atoms with Crippen LogP contribution >= 0.6 is 0 Å². The normalized spacial score (nSPS) is 15.7. The first-order valence-corrected chi connectivity index (χ1v) is 7.57. The van der Waals surface area contributed by atoms with Gasteiger partial charge in [0.2, 0.25) is 5.90 Å². The number of anilines is 1. The molecule has 4 nitrogen and oxygen atoms in total. The molecule has 0 atom stereocenters. The van der Waals surface area contributed by atoms with E-state index in [-0.39, 0.29) is 0 Å². The maximum atomic E-state index is 11.8. The molecule has 0 bridgehead atoms. The summed E-state index contributed by atoms with van der Waals surface area (Å²) in [4.78, 5) is 18.3. The highest BCUT2D eigenvalue weighted by atomic mass is 16.6. The molecule has 0 fully saturated rings. The van der Waals surface area contributed by atoms with Crippen LogP contribution < -0.4 is 4.90 Å². The predicted molar refractivity (Wildman–Crippen MR) is 91.1 cm³/mol. The van der Waals surface area contributed by atoms with Crippen molar-refractivity contribution in [2.45, 2.75) is 27.2 Å². The van der Waals surface area contributed by atoms with Gasteiger partial charge >= 0.3 is 5.97 Å². The number of carbonyl (C=O) groups is 1. The van der Waals surface area contributed by atoms with Gasteiger partial charge in [-0.2, -0.15) is 0 Å². The molecule has 0 amide bonds. The van der Waals surface area contributed by atoms with E-state index in [0.29, 0.717) is 18.0 Å². The van der Waals surface area contributed by atoms with E-state index < -0.39 is 5.97 Å². The molecule has 0 aliphatic carbocycles. The van der Waals surface area contributed by atoms with Gasteiger partial charge in [-0.25, -0.2) is 9.79 Å². The Morgan fingerprint density at radius 2 is 2.05 bits per heavy atom. The Balaban J connectivity index is 2.27. The number of hydrogen-bond acceptors (Lipinski definition) is 4. The second-order valence-electron chi connectivity index (χ2n) is 5.14. The smallest absolute Gasteiger partial charge is 0.363 e. The highest BCUT2D eigenvalue weighted by Gasteiger charge is 2.21. The molecule has 0 N–H and O–H groups in total. The summed E-state index contributed by atoms with van der Waals surface area (Å²) in [6.07, 6.45) is 3.89. The Morgan fingerprint density at radius 1 is 1.32 bits per heavy atom. The summed E-state index contributed by atoms with van der Waals surface area (Å²) >= 11 is 0. The van der Waals surface area contributed by atoms with Crippen molar-refractivity contribution in [3.8, 4) is 0 Å². The molecule has 1 aliphatic heterocycles. The van der Waals surface area contributed by atoms with E-state index in [1.54, 1.807) is 12.2 Å². The minimum Gasteiger partial charge on any atom is -0.406 e. The van der Waals surface area contributed by atoms with Crippen LogP contribution in [0.4, 0.5) is 5.69 Å². The zero-order valence-electron chi connectivity index (χ0n) is 13.4. The van der Waals surface area contributed by atoms with Gasteiger partial charge in [0.15, 0.2) is 5.70 Å². The Labute approximate surface area is 131 Å². The first-order chi connectivity index (χ1) is 10.6. The number of hydrogen-bond donors (Lipinski definition) is 0. The lowest BCUT2D eigenvalue weighted by atomic mass is 10.1. The molecular formula is C18H22N2O2. The molecule has 1 aromatic carbocycles. The minimum absolute atomic E-state index is 0.340. The number of aryl methyl sites for hydroxylation is 1. The van der Waals surface area contributed by atoms with Gasteiger partial charge in [0.1, 0.15) is 0 Å². The zero-order valence-corrected chi connectivity index (χ0v) is 13.4. The Hall–Kier alpha value is -2.36. The predicted octanol–water partition coefficient (Wildman–Crippen LogP) is 3.71. The van der Waals surface area contributed by atoms with E-state index in [4.69, 9.17) is 4.74 Å². The van der Waals surface area contributed by atoms with Crippen molar-refractivity contribution < 1.29 is 9.53 Å². The number of aliphatic imine (C=N–C) groups is 1. The van der Waals surface area contributed by atoms with E-state index in [1.807, 2.05) is 6.07 Å². The molecule has 0 aromatic heterocycles. The SMILES string of the molecule is C=CCC1=N/C(=C/c2ccc(N(CC)CC)c(C)c2)C(=O)O1. The monoisotopic (exact) mass is 298 g/mol. The van der Waals surface area contributed by atoms with Crippen LogP contribution in [0.3, 0.4) is 0 Å². The average Bonchev–Trinajstić information content (AvgIpc) is 2.82. The van der Waals surface area contributed by atoms with E-state index >= 15 is 0 Å². The molecule has 0 saturated heterocycles. The number of esters is 1. The highest BCUT2D eigenvalue weighted by Crippen LogP contribution is 2.23. The summed E-state index contributed by atoms with van der Waals surface area (Å²) < 4.78 is 5.08. The molecular weight excluding hydrogens is 276 g/mol. The average molecular weight is 298 g/mol. The molecule has 22 heavy (non-hydrogen) atoms. The van der Waals surface area contributed by atoms with E-state index in [1.165, 1.54) is 11.3 Å². The third-order valence-corrected chi connectivity index (χ3v) is 3.61. The second kappa shape index (κ2) is 7.07. The molecule has 1 aromatic rings. The van der Waals surface area contributed by atoms with E-state index in [0.717, 1.165) is 18.7 Å². The number of cyclic esters (lactones) is 1. The van der Waals surface area contributed by atoms with E-state index in [9.17, 15) is 4.79 Å². The van der Waals surface area contributed by atoms with Gasteiger partial charge in [-0.15, -0.1) is 6.58 Å². The number of nitrogens with zero attached hydrogens (tertiary/aromatic N) is 2. The van der Waals surface area contributed by atoms with Crippen LogP contribution in [0.1, 0.15) is 31.4 Å². The Morgan fingerprint density at radius 3 is 2.64 bits per heavy atom. The highest BCUT2D eigenvalue weighted by molar-refractivity contribution is 6.07. The van der Waals surface area contributed by atoms with Crippen molar-refractivity contribution in [1.29, 1.82) is 0 Å². The van der Waals surface area contributed by atoms with Crippen LogP contribution in [-0.4, -0.2) is 25.0 Å². The summed E-state index contributed by atoms with van der Waals surface area (Å²) in [7, 11) is 0. The van der Waals surface area contributed by atoms with Gasteiger partial charge in [-0.1, -0.05) is 12.1 Å². The molecule has 0 radical (unpaired) electrons. The fourth-order valence-electron chi connectivity index (χ4n) is 2.51. The van der Waals surface area contributed by atoms with Gasteiger partial charge in [-0.05, 0) is 50.1 Å². The summed E-state index contributed by atoms with van der Waals surface area (Å²) in [6, 6.07) is 6.15. The van der Waals surface area contributed by atoms with Gasteiger partial charge < -0.3 is 9.64 Å². The molecule has 0 unspecified atom stereocenters. The van der Waals surface area contributed by atoms with Crippen molar-refractivity contribution in [2.24, 2.45) is 4.99 Å². The van der Waals surface area contributed by atoms with Crippen LogP contribution in [0.15, 0.2) is 41.5 Å². The standard InChI is InChI=1S/C18H22N2O2/c1-5-8-17-19-15(18(21)22-17)12-14-9-10-16(13(4)11-14)20(6-2)7-3/h5,9-12H,1,6-8H2,2-4H3/b15-12+. The van der Waals surface area contributed by atoms with Crippen LogP contribution in [0, 0.1) is 6.92 Å². The second-order valence-corrected chi connectivity index (χ2v) is 5.14. The largest absolute Gasteiger partial charge is 0.406 e. The lowest BCUT2D eigenvalue weighted by Gasteiger charge is -2.23. The molecule has 0 spiro atoms. The van der Waals surface area contributed by atoms with Crippen molar-refractivity contribution in [3.05, 3.63) is 47.7 Å². The first-order valence-electron chi connectivity index (χ1n) is 7.57. The van der Waals surface area contributed by atoms with Crippen LogP contribution in [-0.2, 0) is 9.53 Å². The summed E-state index contributed by atoms with van der Waals surface area (Å²) in [5, 5.41) is 0. The summed E-state index contributed by atoms with van der Waals surface area (Å²) in [6.45, 7) is 11.9. The lowest BCUT2D eigenvalue weighted by Crippen LogP contribution is -2.22. The third-order valence-electron chi connectivity index (χ3n) is 3.61. The van der Waals surface area contributed by atoms with E-state index in [2.05, 4.69) is 49.4 Å². The number of carbonyl (C=O) groups excluding carboxylic acids is 1. The van der Waals surface area contributed by atoms with Gasteiger partial charge in [0.25, 0.3) is 0 Å². The van der Waals surface area contributed by atoms with Crippen LogP contribution in [0.2, 0.25) is 0 Å². The fourth-order valence-corrected chi connectivity index (χ4v) is 2.51. The third kappa shape index (κ3) is 3.45. The maximum Gasteiger partial charge on any atom is 0.363 e. The van der Waals surface area contributed by atoms with Crippen molar-refractivity contribution >= 4 is 23.6 Å². The summed E-state index contributed by atoms with van der Waals surface area (Å²) in [5.74, 6) is 0.00468. The minimum atomic E-state index is -0.401. The van der Waals surface area contributed by atoms with Crippen LogP contribution in [0.25, 0.3) is 6.08 Å². The molecule has 116 valence electrons. The lowest BCUT2D eigenvalue weighted by molar-refractivity contribution is -0.130. The van der Waals surface area contributed by atoms with Gasteiger partial charge in [-0.3, -0.25) is 0 Å². The van der Waals surface area contributed by atoms with Crippen LogP contribution in [0.5, 0.6) is 0 Å². The zero-order chi connectivity index (χ0) is 16.1. The first kappa shape index (κ1) is 16.0. The molecule has 1 heterocycles. The van der Waals surface area contributed by atoms with Gasteiger partial charge in [0.05, 0.1) is 0 Å². The van der Waals surface area contributed by atoms with Crippen molar-refractivity contribution in [1.82, 2.24) is 0 Å². The Bertz CT molecular complexity index is 640. The topological polar surface area (TPSA) is 41.9 Å². The number of benzene rings is 1. The number of rotatable bonds is 6. The molecule has 0 saturated carbocycles. The number of ether oxygens (including phenoxy) is 1. The Kier molecular flexibility index (Phi) is 5.15. The van der Waals surface area contributed by atoms with Crippen molar-refractivity contribution in [2.75, 3.05) is 18.0 Å². The molecule has 2 rings (SSSR count). The fraction of sp³-hybridized carbons (Fsp3) is 0.333. The molecule has 4 heteroatoms. The molecule has 1 aliphatic rings. The summed E-state index contributed by atoms with van der Waals surface area (Å²) in [5.41, 5.74) is 3.69. The van der Waals surface area contributed by atoms with Crippen molar-refractivity contribution in [3.63, 3.8) is 0 Å². The quantitative estimate of drug-likeness (QED) is 0.457. The van der Waals surface area contributed by atoms with Gasteiger partial charge in [0, 0.05) is 25.2 Å².